The third kappa shape index (κ3) is 2.78. The van der Waals surface area contributed by atoms with E-state index in [1.54, 1.807) is 0 Å². The Morgan fingerprint density at radius 3 is 2.63 bits per heavy atom. The van der Waals surface area contributed by atoms with E-state index in [4.69, 9.17) is 19.3 Å². The molecule has 0 saturated heterocycles. The summed E-state index contributed by atoms with van der Waals surface area (Å²) in [6, 6.07) is 14.9. The van der Waals surface area contributed by atoms with Crippen LogP contribution in [0.4, 0.5) is 0 Å². The maximum Gasteiger partial charge on any atom is 0.198 e. The predicted molar refractivity (Wildman–Crippen MR) is 115 cm³/mol. The Hall–Kier alpha value is -2.69. The number of rotatable bonds is 2. The molecular formula is C25H28N2O3. The second-order valence-corrected chi connectivity index (χ2v) is 8.91. The first-order chi connectivity index (χ1) is 14.8. The number of para-hydroxylation sites is 1. The van der Waals surface area contributed by atoms with Gasteiger partial charge in [0.05, 0.1) is 11.8 Å². The van der Waals surface area contributed by atoms with Crippen LogP contribution in [0.25, 0.3) is 0 Å². The van der Waals surface area contributed by atoms with E-state index in [9.17, 15) is 0 Å². The van der Waals surface area contributed by atoms with Crippen molar-refractivity contribution < 1.29 is 14.2 Å². The third-order valence-corrected chi connectivity index (χ3v) is 7.25. The van der Waals surface area contributed by atoms with Crippen molar-refractivity contribution in [2.75, 3.05) is 13.2 Å². The summed E-state index contributed by atoms with van der Waals surface area (Å²) in [4.78, 5) is 0. The van der Waals surface area contributed by atoms with Gasteiger partial charge in [-0.2, -0.15) is 5.10 Å². The van der Waals surface area contributed by atoms with Crippen LogP contribution < -0.4 is 14.2 Å². The zero-order chi connectivity index (χ0) is 20.1. The molecule has 0 N–H and O–H groups in total. The van der Waals surface area contributed by atoms with Crippen LogP contribution in [0.1, 0.15) is 62.6 Å². The molecule has 4 aliphatic rings. The average Bonchev–Trinajstić information content (AvgIpc) is 3.26. The highest BCUT2D eigenvalue weighted by molar-refractivity contribution is 6.02. The van der Waals surface area contributed by atoms with Gasteiger partial charge >= 0.3 is 0 Å². The number of hydrogen-bond donors (Lipinski definition) is 0. The molecule has 1 aliphatic carbocycles. The molecule has 0 radical (unpaired) electrons. The SMILES string of the molecule is CCC1CCC2(CC1)Oc1ccccc1C1CC(c3ccc4c(c3)OCCO4)=NN12. The second-order valence-electron chi connectivity index (χ2n) is 8.91. The van der Waals surface area contributed by atoms with E-state index in [2.05, 4.69) is 48.3 Å². The molecule has 3 aliphatic heterocycles. The smallest absolute Gasteiger partial charge is 0.198 e. The Bertz CT molecular complexity index is 994. The Kier molecular flexibility index (Phi) is 4.18. The Labute approximate surface area is 177 Å². The molecule has 2 aromatic rings. The van der Waals surface area contributed by atoms with Crippen molar-refractivity contribution in [3.63, 3.8) is 0 Å². The summed E-state index contributed by atoms with van der Waals surface area (Å²) in [5.41, 5.74) is 3.15. The van der Waals surface area contributed by atoms with Gasteiger partial charge in [0.15, 0.2) is 17.2 Å². The minimum Gasteiger partial charge on any atom is -0.486 e. The van der Waals surface area contributed by atoms with Gasteiger partial charge in [0.2, 0.25) is 0 Å². The molecule has 3 heterocycles. The summed E-state index contributed by atoms with van der Waals surface area (Å²) in [6.07, 6.45) is 6.62. The summed E-state index contributed by atoms with van der Waals surface area (Å²) < 4.78 is 18.2. The van der Waals surface area contributed by atoms with Crippen molar-refractivity contribution in [1.82, 2.24) is 5.01 Å². The van der Waals surface area contributed by atoms with Crippen molar-refractivity contribution in [2.45, 2.75) is 57.2 Å². The quantitative estimate of drug-likeness (QED) is 0.681. The lowest BCUT2D eigenvalue weighted by atomic mass is 9.80. The second kappa shape index (κ2) is 6.93. The fourth-order valence-electron chi connectivity index (χ4n) is 5.49. The molecule has 156 valence electrons. The van der Waals surface area contributed by atoms with E-state index < -0.39 is 0 Å². The Balaban J connectivity index is 1.38. The fraction of sp³-hybridized carbons (Fsp3) is 0.480. The van der Waals surface area contributed by atoms with Gasteiger partial charge in [0.25, 0.3) is 0 Å². The Morgan fingerprint density at radius 2 is 1.80 bits per heavy atom. The highest BCUT2D eigenvalue weighted by atomic mass is 16.6. The van der Waals surface area contributed by atoms with Gasteiger partial charge in [0.1, 0.15) is 19.0 Å². The van der Waals surface area contributed by atoms with Gasteiger partial charge in [-0.15, -0.1) is 0 Å². The maximum atomic E-state index is 6.72. The number of benzene rings is 2. The summed E-state index contributed by atoms with van der Waals surface area (Å²) >= 11 is 0. The Morgan fingerprint density at radius 1 is 1.00 bits per heavy atom. The van der Waals surface area contributed by atoms with Gasteiger partial charge < -0.3 is 14.2 Å². The van der Waals surface area contributed by atoms with Gasteiger partial charge in [0, 0.05) is 30.4 Å². The van der Waals surface area contributed by atoms with E-state index in [0.717, 1.165) is 53.7 Å². The number of hydrazone groups is 1. The molecule has 0 bridgehead atoms. The van der Waals surface area contributed by atoms with Crippen molar-refractivity contribution in [3.8, 4) is 17.2 Å². The zero-order valence-electron chi connectivity index (χ0n) is 17.5. The van der Waals surface area contributed by atoms with E-state index in [1.165, 1.54) is 24.8 Å². The first kappa shape index (κ1) is 18.1. The summed E-state index contributed by atoms with van der Waals surface area (Å²) in [7, 11) is 0. The summed E-state index contributed by atoms with van der Waals surface area (Å²) in [5, 5.41) is 7.48. The molecular weight excluding hydrogens is 376 g/mol. The van der Waals surface area contributed by atoms with Crippen molar-refractivity contribution in [1.29, 1.82) is 0 Å². The standard InChI is InChI=1S/C25H28N2O3/c1-2-17-9-11-25(12-10-17)27-21(19-5-3-4-6-22(19)30-25)16-20(26-27)18-7-8-23-24(15-18)29-14-13-28-23/h3-8,15,17,21H,2,9-14,16H2,1H3. The monoisotopic (exact) mass is 404 g/mol. The first-order valence-electron chi connectivity index (χ1n) is 11.3. The molecule has 1 spiro atoms. The lowest BCUT2D eigenvalue weighted by molar-refractivity contribution is -0.146. The molecule has 2 aromatic carbocycles. The van der Waals surface area contributed by atoms with E-state index in [1.807, 2.05) is 6.07 Å². The van der Waals surface area contributed by atoms with E-state index in [0.29, 0.717) is 13.2 Å². The summed E-state index contributed by atoms with van der Waals surface area (Å²) in [5.74, 6) is 3.48. The number of fused-ring (bicyclic) bond motifs is 5. The number of nitrogens with zero attached hydrogens (tertiary/aromatic N) is 2. The minimum absolute atomic E-state index is 0.233. The van der Waals surface area contributed by atoms with Crippen LogP contribution in [0.5, 0.6) is 17.2 Å². The molecule has 0 amide bonds. The third-order valence-electron chi connectivity index (χ3n) is 7.25. The van der Waals surface area contributed by atoms with Gasteiger partial charge in [-0.3, -0.25) is 0 Å². The fourth-order valence-corrected chi connectivity index (χ4v) is 5.49. The number of hydrogen-bond acceptors (Lipinski definition) is 5. The molecule has 30 heavy (non-hydrogen) atoms. The van der Waals surface area contributed by atoms with Crippen molar-refractivity contribution in [2.24, 2.45) is 11.0 Å². The van der Waals surface area contributed by atoms with Crippen molar-refractivity contribution in [3.05, 3.63) is 53.6 Å². The first-order valence-corrected chi connectivity index (χ1v) is 11.3. The zero-order valence-corrected chi connectivity index (χ0v) is 17.5. The molecule has 1 saturated carbocycles. The highest BCUT2D eigenvalue weighted by Gasteiger charge is 2.51. The number of ether oxygens (including phenoxy) is 3. The molecule has 0 aromatic heterocycles. The summed E-state index contributed by atoms with van der Waals surface area (Å²) in [6.45, 7) is 3.51. The molecule has 5 nitrogen and oxygen atoms in total. The van der Waals surface area contributed by atoms with Crippen LogP contribution >= 0.6 is 0 Å². The topological polar surface area (TPSA) is 43.3 Å². The molecule has 1 unspecified atom stereocenters. The van der Waals surface area contributed by atoms with E-state index >= 15 is 0 Å². The predicted octanol–water partition coefficient (Wildman–Crippen LogP) is 5.30. The lowest BCUT2D eigenvalue weighted by Gasteiger charge is -2.50. The van der Waals surface area contributed by atoms with Crippen LogP contribution in [0.15, 0.2) is 47.6 Å². The largest absolute Gasteiger partial charge is 0.486 e. The van der Waals surface area contributed by atoms with Crippen LogP contribution in [0.3, 0.4) is 0 Å². The van der Waals surface area contributed by atoms with Gasteiger partial charge in [-0.05, 0) is 43.0 Å². The van der Waals surface area contributed by atoms with Crippen LogP contribution in [-0.2, 0) is 0 Å². The highest BCUT2D eigenvalue weighted by Crippen LogP contribution is 2.52. The molecule has 6 rings (SSSR count). The van der Waals surface area contributed by atoms with Crippen molar-refractivity contribution >= 4 is 5.71 Å². The van der Waals surface area contributed by atoms with Crippen LogP contribution in [-0.4, -0.2) is 29.7 Å². The van der Waals surface area contributed by atoms with E-state index in [-0.39, 0.29) is 11.8 Å². The van der Waals surface area contributed by atoms with Crippen LogP contribution in [0.2, 0.25) is 0 Å². The molecule has 1 fully saturated rings. The maximum absolute atomic E-state index is 6.72. The minimum atomic E-state index is -0.319. The van der Waals surface area contributed by atoms with Gasteiger partial charge in [-0.1, -0.05) is 31.5 Å². The normalized spacial score (nSPS) is 29.1. The molecule has 1 atom stereocenters. The lowest BCUT2D eigenvalue weighted by Crippen LogP contribution is -2.55. The average molecular weight is 405 g/mol. The molecule has 5 heteroatoms. The van der Waals surface area contributed by atoms with Crippen LogP contribution in [0, 0.1) is 5.92 Å². The van der Waals surface area contributed by atoms with Gasteiger partial charge in [-0.25, -0.2) is 5.01 Å².